The topological polar surface area (TPSA) is 153 Å². The van der Waals surface area contributed by atoms with Gasteiger partial charge in [-0.25, -0.2) is 19.9 Å². The number of aromatic amines is 4. The second-order valence-electron chi connectivity index (χ2n) is 24.7. The Balaban J connectivity index is 0.765. The van der Waals surface area contributed by atoms with Crippen LogP contribution in [-0.4, -0.2) is 44.7 Å². The van der Waals surface area contributed by atoms with Gasteiger partial charge in [0.25, 0.3) is 0 Å². The highest BCUT2D eigenvalue weighted by Crippen LogP contribution is 2.42. The maximum Gasteiger partial charge on any atom is 0.244 e. The van der Waals surface area contributed by atoms with Crippen LogP contribution in [0.4, 0.5) is 11.4 Å². The molecule has 8 aromatic carbocycles. The smallest absolute Gasteiger partial charge is 0.244 e. The van der Waals surface area contributed by atoms with E-state index in [1.165, 1.54) is 0 Å². The fourth-order valence-electron chi connectivity index (χ4n) is 14.1. The number of H-pyrrole nitrogens is 4. The SMILES string of the molecule is [O-][N+](=Nc1ccc(-c2c3nc(c(-c4ccccc4)c4ccc([nH]4)c(-c4ccccc4)c4nc(c(-c5ccccc5)c5ccc2[nH]5)C=C4)C=C3)cc1)c1ccc(-c2c3nc(c(-c4ccccc4)c4ccc([nH]4)c(-c4ccccc4)c4nc(c(-c5ccccc5)c5ccc2[nH]5)C=C4)C=C3)cc1. The Morgan fingerprint density at radius 1 is 0.212 bits per heavy atom. The molecule has 0 spiro atoms. The molecule has 4 aliphatic heterocycles. The lowest BCUT2D eigenvalue weighted by Gasteiger charge is -2.07. The van der Waals surface area contributed by atoms with E-state index in [-0.39, 0.29) is 0 Å². The van der Waals surface area contributed by atoms with E-state index in [1.54, 1.807) is 0 Å². The van der Waals surface area contributed by atoms with Crippen molar-refractivity contribution < 1.29 is 4.86 Å². The van der Waals surface area contributed by atoms with Gasteiger partial charge in [0.2, 0.25) is 5.69 Å². The van der Waals surface area contributed by atoms with Crippen molar-refractivity contribution in [3.63, 3.8) is 0 Å². The second-order valence-corrected chi connectivity index (χ2v) is 24.7. The van der Waals surface area contributed by atoms with E-state index >= 15 is 0 Å². The van der Waals surface area contributed by atoms with E-state index < -0.39 is 0 Å². The van der Waals surface area contributed by atoms with Gasteiger partial charge in [0, 0.05) is 106 Å². The van der Waals surface area contributed by atoms with Crippen LogP contribution in [0.15, 0.2) is 284 Å². The zero-order chi connectivity index (χ0) is 65.8. The molecule has 0 saturated carbocycles. The number of nitrogens with zero attached hydrogens (tertiary/aromatic N) is 6. The number of nitrogens with one attached hydrogen (secondary N) is 4. The lowest BCUT2D eigenvalue weighted by molar-refractivity contribution is -0.435. The molecule has 0 amide bonds. The number of aromatic nitrogens is 8. The zero-order valence-corrected chi connectivity index (χ0v) is 53.3. The number of benzene rings is 8. The maximum atomic E-state index is 14.4. The van der Waals surface area contributed by atoms with Gasteiger partial charge >= 0.3 is 0 Å². The number of rotatable bonds is 10. The lowest BCUT2D eigenvalue weighted by atomic mass is 10.0. The summed E-state index contributed by atoms with van der Waals surface area (Å²) < 4.78 is 0. The quantitative estimate of drug-likeness (QED) is 0.0610. The Bertz CT molecular complexity index is 5970. The molecule has 0 fully saturated rings. The van der Waals surface area contributed by atoms with Gasteiger partial charge in [-0.2, -0.15) is 0 Å². The number of azo groups is 1. The molecule has 4 aliphatic rings. The average Bonchev–Trinajstić information content (AvgIpc) is 1.64. The maximum absolute atomic E-state index is 14.4. The van der Waals surface area contributed by atoms with Crippen LogP contribution < -0.4 is 0 Å². The number of hydrogen-bond donors (Lipinski definition) is 4. The summed E-state index contributed by atoms with van der Waals surface area (Å²) in [6, 6.07) is 94.8. The molecule has 14 aromatic rings. The van der Waals surface area contributed by atoms with E-state index in [1.807, 2.05) is 84.9 Å². The Morgan fingerprint density at radius 2 is 0.394 bits per heavy atom. The Morgan fingerprint density at radius 3 is 0.596 bits per heavy atom. The van der Waals surface area contributed by atoms with Crippen molar-refractivity contribution >= 4 is 104 Å². The van der Waals surface area contributed by atoms with Gasteiger partial charge in [-0.15, -0.1) is 0 Å². The first-order valence-corrected chi connectivity index (χ1v) is 33.0. The highest BCUT2D eigenvalue weighted by Gasteiger charge is 2.23. The summed E-state index contributed by atoms with van der Waals surface area (Å²) in [5.74, 6) is 0. The summed E-state index contributed by atoms with van der Waals surface area (Å²) in [5.41, 5.74) is 30.0. The first-order chi connectivity index (χ1) is 49.0. The third kappa shape index (κ3) is 10.8. The monoisotopic (exact) mass is 1270 g/mol. The molecule has 10 heterocycles. The zero-order valence-electron chi connectivity index (χ0n) is 53.3. The summed E-state index contributed by atoms with van der Waals surface area (Å²) in [4.78, 5) is 37.9. The Hall–Kier alpha value is -13.6. The minimum absolute atomic E-state index is 0.358. The van der Waals surface area contributed by atoms with Crippen molar-refractivity contribution in [2.75, 3.05) is 0 Å². The van der Waals surface area contributed by atoms with Crippen LogP contribution in [-0.2, 0) is 0 Å². The van der Waals surface area contributed by atoms with Crippen molar-refractivity contribution in [3.8, 4) is 89.0 Å². The van der Waals surface area contributed by atoms with Crippen LogP contribution in [0.1, 0.15) is 45.6 Å². The molecular formula is C88H58N10O. The lowest BCUT2D eigenvalue weighted by Crippen LogP contribution is -1.92. The van der Waals surface area contributed by atoms with Crippen LogP contribution in [0.5, 0.6) is 0 Å². The highest BCUT2D eigenvalue weighted by atomic mass is 16.5. The van der Waals surface area contributed by atoms with Crippen molar-refractivity contribution in [1.29, 1.82) is 0 Å². The molecule has 466 valence electrons. The van der Waals surface area contributed by atoms with E-state index in [0.29, 0.717) is 16.2 Å². The number of hydrogen-bond acceptors (Lipinski definition) is 6. The standard InChI is InChI=1S/C88H58N10O/c99-98(64-37-33-62(34-38-64)88-79-53-49-75(95-79)85(59-27-15-5-16-28-59)71-45-41-67(91-71)82(56-21-9-2-10-22-56)68-42-46-72(92-68)86(60-29-17-6-18-30-60)76-50-54-80(88)96-76)97-63-35-31-61(32-36-63)87-77-51-47-73(93-77)83(57-23-11-3-12-24-57)69-43-39-65(89-69)81(55-19-7-1-8-20-55)66-40-44-70(90-66)84(58-25-13-4-14-26-58)74-48-52-78(87)94-74/h1-54,89,91,94,96H. The summed E-state index contributed by atoms with van der Waals surface area (Å²) >= 11 is 0. The molecule has 0 unspecified atom stereocenters. The van der Waals surface area contributed by atoms with Gasteiger partial charge in [0.05, 0.1) is 45.6 Å². The van der Waals surface area contributed by atoms with E-state index in [9.17, 15) is 5.21 Å². The third-order valence-electron chi connectivity index (χ3n) is 18.6. The normalized spacial score (nSPS) is 12.4. The van der Waals surface area contributed by atoms with Crippen molar-refractivity contribution in [1.82, 2.24) is 39.9 Å². The molecule has 99 heavy (non-hydrogen) atoms. The summed E-state index contributed by atoms with van der Waals surface area (Å²) in [7, 11) is 0. The van der Waals surface area contributed by atoms with Crippen molar-refractivity contribution in [3.05, 3.63) is 330 Å². The van der Waals surface area contributed by atoms with E-state index in [4.69, 9.17) is 19.9 Å². The summed E-state index contributed by atoms with van der Waals surface area (Å²) in [5, 5.41) is 19.1. The first kappa shape index (κ1) is 58.0. The Kier molecular flexibility index (Phi) is 14.4. The van der Waals surface area contributed by atoms with Gasteiger partial charge in [0.15, 0.2) is 0 Å². The molecule has 0 radical (unpaired) electrons. The third-order valence-corrected chi connectivity index (χ3v) is 18.6. The predicted molar refractivity (Wildman–Crippen MR) is 407 cm³/mol. The fraction of sp³-hybridized carbons (Fsp3) is 0. The van der Waals surface area contributed by atoms with Crippen LogP contribution in [0.25, 0.3) is 182 Å². The minimum Gasteiger partial charge on any atom is -0.594 e. The number of fused-ring (bicyclic) bond motifs is 16. The molecular weight excluding hydrogens is 1210 g/mol. The van der Waals surface area contributed by atoms with Gasteiger partial charge in [-0.05, 0) is 166 Å². The van der Waals surface area contributed by atoms with Crippen LogP contribution in [0.2, 0.25) is 0 Å². The largest absolute Gasteiger partial charge is 0.594 e. The molecule has 11 heteroatoms. The van der Waals surface area contributed by atoms with Crippen LogP contribution in [0, 0.1) is 5.21 Å². The van der Waals surface area contributed by atoms with Crippen LogP contribution >= 0.6 is 0 Å². The van der Waals surface area contributed by atoms with Crippen molar-refractivity contribution in [2.45, 2.75) is 0 Å². The average molecular weight is 1270 g/mol. The van der Waals surface area contributed by atoms with Gasteiger partial charge in [0.1, 0.15) is 5.69 Å². The van der Waals surface area contributed by atoms with E-state index in [0.717, 1.165) is 179 Å². The summed E-state index contributed by atoms with van der Waals surface area (Å²) in [6.07, 6.45) is 16.8. The van der Waals surface area contributed by atoms with Crippen molar-refractivity contribution in [2.24, 2.45) is 5.11 Å². The predicted octanol–water partition coefficient (Wildman–Crippen LogP) is 22.9. The molecule has 6 aromatic heterocycles. The molecule has 18 rings (SSSR count). The highest BCUT2D eigenvalue weighted by molar-refractivity contribution is 6.03. The second kappa shape index (κ2) is 24.6. The van der Waals surface area contributed by atoms with Gasteiger partial charge < -0.3 is 25.1 Å². The fourth-order valence-corrected chi connectivity index (χ4v) is 14.1. The minimum atomic E-state index is 0.358. The molecule has 0 atom stereocenters. The summed E-state index contributed by atoms with van der Waals surface area (Å²) in [6.45, 7) is 0. The van der Waals surface area contributed by atoms with E-state index in [2.05, 4.69) is 268 Å². The van der Waals surface area contributed by atoms with Gasteiger partial charge in [-0.3, -0.25) is 0 Å². The first-order valence-electron chi connectivity index (χ1n) is 33.0. The molecule has 0 saturated heterocycles. The molecule has 11 nitrogen and oxygen atoms in total. The van der Waals surface area contributed by atoms with Gasteiger partial charge in [-0.1, -0.05) is 199 Å². The Labute approximate surface area is 569 Å². The molecule has 4 N–H and O–H groups in total. The molecule has 16 bridgehead atoms. The molecule has 0 aliphatic carbocycles. The van der Waals surface area contributed by atoms with Crippen LogP contribution in [0.3, 0.4) is 0 Å².